The van der Waals surface area contributed by atoms with Crippen molar-refractivity contribution in [2.24, 2.45) is 12.0 Å². The van der Waals surface area contributed by atoms with E-state index < -0.39 is 0 Å². The van der Waals surface area contributed by atoms with Crippen LogP contribution in [0.2, 0.25) is 0 Å². The molecule has 0 saturated carbocycles. The molecule has 2 aliphatic heterocycles. The van der Waals surface area contributed by atoms with Gasteiger partial charge in [-0.15, -0.1) is 10.2 Å². The number of hydrogen-bond acceptors (Lipinski definition) is 6. The molecule has 174 valence electrons. The van der Waals surface area contributed by atoms with Gasteiger partial charge in [0.15, 0.2) is 11.8 Å². The van der Waals surface area contributed by atoms with E-state index in [1.807, 2.05) is 18.5 Å². The third kappa shape index (κ3) is 5.98. The number of ether oxygens (including phenoxy) is 1. The number of rotatable bonds is 7. The van der Waals surface area contributed by atoms with Gasteiger partial charge in [0.2, 0.25) is 0 Å². The van der Waals surface area contributed by atoms with E-state index in [0.717, 1.165) is 76.5 Å². The first-order valence-corrected chi connectivity index (χ1v) is 11.6. The number of aromatic nitrogens is 3. The molecule has 32 heavy (non-hydrogen) atoms. The summed E-state index contributed by atoms with van der Waals surface area (Å²) < 4.78 is 7.44. The van der Waals surface area contributed by atoms with E-state index in [4.69, 9.17) is 9.73 Å². The quantitative estimate of drug-likeness (QED) is 0.492. The summed E-state index contributed by atoms with van der Waals surface area (Å²) in [4.78, 5) is 9.70. The van der Waals surface area contributed by atoms with Crippen LogP contribution in [-0.2, 0) is 18.3 Å². The smallest absolute Gasteiger partial charge is 0.192 e. The van der Waals surface area contributed by atoms with Gasteiger partial charge in [0.05, 0.1) is 13.2 Å². The maximum absolute atomic E-state index is 5.45. The topological polar surface area (TPSA) is 82.8 Å². The molecule has 9 heteroatoms. The van der Waals surface area contributed by atoms with Gasteiger partial charge in [0.25, 0.3) is 0 Å². The second-order valence-electron chi connectivity index (χ2n) is 8.68. The van der Waals surface area contributed by atoms with Crippen molar-refractivity contribution in [3.05, 3.63) is 41.5 Å². The third-order valence-corrected chi connectivity index (χ3v) is 6.31. The van der Waals surface area contributed by atoms with Crippen LogP contribution in [0.3, 0.4) is 0 Å². The van der Waals surface area contributed by atoms with E-state index in [-0.39, 0.29) is 0 Å². The van der Waals surface area contributed by atoms with Crippen LogP contribution in [0.25, 0.3) is 0 Å². The highest BCUT2D eigenvalue weighted by Gasteiger charge is 2.23. The summed E-state index contributed by atoms with van der Waals surface area (Å²) in [6.07, 6.45) is 1.08. The molecule has 0 bridgehead atoms. The summed E-state index contributed by atoms with van der Waals surface area (Å²) in [5.74, 6) is 2.61. The van der Waals surface area contributed by atoms with Crippen molar-refractivity contribution in [3.8, 4) is 0 Å². The van der Waals surface area contributed by atoms with Crippen molar-refractivity contribution in [2.45, 2.75) is 32.9 Å². The van der Waals surface area contributed by atoms with Crippen molar-refractivity contribution in [2.75, 3.05) is 57.4 Å². The lowest BCUT2D eigenvalue weighted by atomic mass is 10.2. The average Bonchev–Trinajstić information content (AvgIpc) is 3.40. The van der Waals surface area contributed by atoms with Crippen LogP contribution >= 0.6 is 0 Å². The van der Waals surface area contributed by atoms with Crippen LogP contribution in [0, 0.1) is 13.8 Å². The SMILES string of the molecule is Cc1ccc(N2CCC(NC(=NCc3nnc(C)n3C)NCCN3CCOCC3)C2)cc1. The van der Waals surface area contributed by atoms with Gasteiger partial charge in [-0.1, -0.05) is 17.7 Å². The number of benzene rings is 1. The Bertz CT molecular complexity index is 888. The molecule has 0 radical (unpaired) electrons. The number of nitrogens with zero attached hydrogens (tertiary/aromatic N) is 6. The first kappa shape index (κ1) is 22.5. The molecule has 4 rings (SSSR count). The van der Waals surface area contributed by atoms with Crippen molar-refractivity contribution in [1.29, 1.82) is 0 Å². The molecule has 1 unspecified atom stereocenters. The van der Waals surface area contributed by atoms with Crippen molar-refractivity contribution >= 4 is 11.6 Å². The van der Waals surface area contributed by atoms with Gasteiger partial charge in [-0.05, 0) is 32.4 Å². The predicted molar refractivity (Wildman–Crippen MR) is 127 cm³/mol. The molecular formula is C23H36N8O. The van der Waals surface area contributed by atoms with Crippen LogP contribution < -0.4 is 15.5 Å². The molecule has 1 atom stereocenters. The Kier molecular flexibility index (Phi) is 7.59. The van der Waals surface area contributed by atoms with E-state index in [2.05, 4.69) is 61.8 Å². The molecule has 2 aromatic rings. The Morgan fingerprint density at radius 1 is 1.12 bits per heavy atom. The molecule has 2 N–H and O–H groups in total. The normalized spacial score (nSPS) is 20.0. The summed E-state index contributed by atoms with van der Waals surface area (Å²) in [5, 5.41) is 15.6. The second-order valence-corrected chi connectivity index (χ2v) is 8.68. The van der Waals surface area contributed by atoms with Gasteiger partial charge in [0.1, 0.15) is 12.4 Å². The molecule has 3 heterocycles. The second kappa shape index (κ2) is 10.8. The minimum absolute atomic E-state index is 0.354. The van der Waals surface area contributed by atoms with E-state index in [0.29, 0.717) is 12.6 Å². The van der Waals surface area contributed by atoms with Crippen molar-refractivity contribution < 1.29 is 4.74 Å². The summed E-state index contributed by atoms with van der Waals surface area (Å²) in [7, 11) is 1.98. The van der Waals surface area contributed by atoms with Crippen LogP contribution in [0.4, 0.5) is 5.69 Å². The zero-order chi connectivity index (χ0) is 22.3. The number of nitrogens with one attached hydrogen (secondary N) is 2. The van der Waals surface area contributed by atoms with Crippen molar-refractivity contribution in [1.82, 2.24) is 30.3 Å². The highest BCUT2D eigenvalue weighted by Crippen LogP contribution is 2.20. The van der Waals surface area contributed by atoms with E-state index in [9.17, 15) is 0 Å². The highest BCUT2D eigenvalue weighted by molar-refractivity contribution is 5.80. The molecule has 2 fully saturated rings. The highest BCUT2D eigenvalue weighted by atomic mass is 16.5. The average molecular weight is 441 g/mol. The minimum Gasteiger partial charge on any atom is -0.379 e. The number of hydrogen-bond donors (Lipinski definition) is 2. The third-order valence-electron chi connectivity index (χ3n) is 6.31. The molecule has 2 saturated heterocycles. The van der Waals surface area contributed by atoms with E-state index in [1.54, 1.807) is 0 Å². The first-order chi connectivity index (χ1) is 15.6. The molecule has 0 spiro atoms. The summed E-state index contributed by atoms with van der Waals surface area (Å²) in [6.45, 7) is 12.1. The Balaban J connectivity index is 1.35. The van der Waals surface area contributed by atoms with Crippen LogP contribution in [0.15, 0.2) is 29.3 Å². The minimum atomic E-state index is 0.354. The van der Waals surface area contributed by atoms with Gasteiger partial charge in [-0.2, -0.15) is 0 Å². The molecule has 1 aromatic carbocycles. The van der Waals surface area contributed by atoms with Crippen LogP contribution in [0.1, 0.15) is 23.6 Å². The van der Waals surface area contributed by atoms with Gasteiger partial charge in [-0.25, -0.2) is 4.99 Å². The zero-order valence-corrected chi connectivity index (χ0v) is 19.5. The lowest BCUT2D eigenvalue weighted by molar-refractivity contribution is 0.0389. The Hall–Kier alpha value is -2.65. The molecular weight excluding hydrogens is 404 g/mol. The first-order valence-electron chi connectivity index (χ1n) is 11.6. The number of anilines is 1. The van der Waals surface area contributed by atoms with Crippen LogP contribution in [-0.4, -0.2) is 84.1 Å². The maximum Gasteiger partial charge on any atom is 0.192 e. The number of morpholine rings is 1. The van der Waals surface area contributed by atoms with Gasteiger partial charge >= 0.3 is 0 Å². The molecule has 0 aliphatic carbocycles. The van der Waals surface area contributed by atoms with E-state index >= 15 is 0 Å². The summed E-state index contributed by atoms with van der Waals surface area (Å²) >= 11 is 0. The number of guanidine groups is 1. The molecule has 9 nitrogen and oxygen atoms in total. The maximum atomic E-state index is 5.45. The fraction of sp³-hybridized carbons (Fsp3) is 0.609. The fourth-order valence-corrected chi connectivity index (χ4v) is 4.11. The Labute approximate surface area is 190 Å². The molecule has 1 aromatic heterocycles. The van der Waals surface area contributed by atoms with E-state index in [1.165, 1.54) is 11.3 Å². The standard InChI is InChI=1S/C23H36N8O/c1-18-4-6-21(7-5-18)31-10-8-20(17-31)26-23(24-9-11-30-12-14-32-15-13-30)25-16-22-28-27-19(2)29(22)3/h4-7,20H,8-17H2,1-3H3,(H2,24,25,26). The zero-order valence-electron chi connectivity index (χ0n) is 19.5. The fourth-order valence-electron chi connectivity index (χ4n) is 4.11. The molecule has 2 aliphatic rings. The summed E-state index contributed by atoms with van der Waals surface area (Å²) in [6, 6.07) is 9.14. The van der Waals surface area contributed by atoms with Gasteiger partial charge in [0, 0.05) is 58.0 Å². The Morgan fingerprint density at radius 3 is 2.62 bits per heavy atom. The van der Waals surface area contributed by atoms with Crippen molar-refractivity contribution in [3.63, 3.8) is 0 Å². The van der Waals surface area contributed by atoms with Crippen LogP contribution in [0.5, 0.6) is 0 Å². The predicted octanol–water partition coefficient (Wildman–Crippen LogP) is 1.08. The lowest BCUT2D eigenvalue weighted by Gasteiger charge is -2.27. The molecule has 0 amide bonds. The Morgan fingerprint density at radius 2 is 1.91 bits per heavy atom. The largest absolute Gasteiger partial charge is 0.379 e. The monoisotopic (exact) mass is 440 g/mol. The lowest BCUT2D eigenvalue weighted by Crippen LogP contribution is -2.47. The summed E-state index contributed by atoms with van der Waals surface area (Å²) in [5.41, 5.74) is 2.58. The van der Waals surface area contributed by atoms with Gasteiger partial charge in [-0.3, -0.25) is 4.90 Å². The van der Waals surface area contributed by atoms with Gasteiger partial charge < -0.3 is 24.8 Å². The number of aryl methyl sites for hydroxylation is 2. The number of aliphatic imine (C=N–C) groups is 1.